The molecule has 0 heteroatoms. The predicted molar refractivity (Wildman–Crippen MR) is 132 cm³/mol. The van der Waals surface area contributed by atoms with E-state index in [2.05, 4.69) is 61.5 Å². The van der Waals surface area contributed by atoms with Crippen LogP contribution in [0.1, 0.15) is 132 Å². The molecule has 0 heterocycles. The van der Waals surface area contributed by atoms with Crippen molar-refractivity contribution >= 4 is 0 Å². The van der Waals surface area contributed by atoms with Gasteiger partial charge >= 0.3 is 0 Å². The van der Waals surface area contributed by atoms with Crippen LogP contribution >= 0.6 is 0 Å². The van der Waals surface area contributed by atoms with Crippen molar-refractivity contribution in [3.05, 3.63) is 11.6 Å². The second-order valence-corrected chi connectivity index (χ2v) is 13.8. The van der Waals surface area contributed by atoms with Gasteiger partial charge in [-0.1, -0.05) is 92.7 Å². The molecular formula is C30H52. The SMILES string of the molecule is CC(C)CCC[C@@H](C)C1CC[C@@]2(C)[C@]3(C)CC=C4CCCC[C@]4(C)[C@@]3(C)CC[C@]12C. The quantitative estimate of drug-likeness (QED) is 0.394. The maximum absolute atomic E-state index is 2.76. The molecule has 0 radical (unpaired) electrons. The van der Waals surface area contributed by atoms with E-state index in [1.807, 2.05) is 5.57 Å². The Balaban J connectivity index is 1.66. The highest BCUT2D eigenvalue weighted by Crippen LogP contribution is 2.81. The summed E-state index contributed by atoms with van der Waals surface area (Å²) >= 11 is 0. The summed E-state index contributed by atoms with van der Waals surface area (Å²) in [5.41, 5.74) is 4.20. The minimum absolute atomic E-state index is 0.439. The lowest BCUT2D eigenvalue weighted by molar-refractivity contribution is -0.220. The molecule has 0 aromatic heterocycles. The third kappa shape index (κ3) is 2.76. The molecule has 0 aromatic carbocycles. The molecule has 0 nitrogen and oxygen atoms in total. The first-order chi connectivity index (χ1) is 14.0. The van der Waals surface area contributed by atoms with Gasteiger partial charge in [0.25, 0.3) is 0 Å². The second kappa shape index (κ2) is 7.38. The minimum Gasteiger partial charge on any atom is -0.0842 e. The van der Waals surface area contributed by atoms with Crippen LogP contribution in [0.5, 0.6) is 0 Å². The molecule has 3 fully saturated rings. The largest absolute Gasteiger partial charge is 0.0842 e. The van der Waals surface area contributed by atoms with Crippen molar-refractivity contribution < 1.29 is 0 Å². The Morgan fingerprint density at radius 2 is 1.57 bits per heavy atom. The van der Waals surface area contributed by atoms with Crippen LogP contribution in [0.2, 0.25) is 0 Å². The maximum atomic E-state index is 2.76. The third-order valence-electron chi connectivity index (χ3n) is 12.8. The first kappa shape index (κ1) is 22.9. The summed E-state index contributed by atoms with van der Waals surface area (Å²) < 4.78 is 0. The van der Waals surface area contributed by atoms with Crippen LogP contribution in [-0.2, 0) is 0 Å². The van der Waals surface area contributed by atoms with E-state index in [9.17, 15) is 0 Å². The molecule has 4 aliphatic rings. The Kier molecular flexibility index (Phi) is 5.64. The van der Waals surface area contributed by atoms with Gasteiger partial charge in [-0.3, -0.25) is 0 Å². The fraction of sp³-hybridized carbons (Fsp3) is 0.933. The number of hydrogen-bond donors (Lipinski definition) is 0. The number of hydrogen-bond acceptors (Lipinski definition) is 0. The van der Waals surface area contributed by atoms with E-state index in [0.717, 1.165) is 17.8 Å². The number of fused-ring (bicyclic) bond motifs is 5. The molecular weight excluding hydrogens is 360 g/mol. The van der Waals surface area contributed by atoms with Crippen molar-refractivity contribution in [1.82, 2.24) is 0 Å². The van der Waals surface area contributed by atoms with Crippen LogP contribution < -0.4 is 0 Å². The maximum Gasteiger partial charge on any atom is -0.00571 e. The van der Waals surface area contributed by atoms with Crippen LogP contribution in [0, 0.1) is 44.8 Å². The second-order valence-electron chi connectivity index (χ2n) is 13.8. The molecule has 3 saturated carbocycles. The Labute approximate surface area is 189 Å². The molecule has 172 valence electrons. The van der Waals surface area contributed by atoms with Crippen molar-refractivity contribution in [2.75, 3.05) is 0 Å². The summed E-state index contributed by atoms with van der Waals surface area (Å²) in [6.07, 6.45) is 20.0. The van der Waals surface area contributed by atoms with E-state index in [-0.39, 0.29) is 0 Å². The molecule has 4 aliphatic carbocycles. The molecule has 4 rings (SSSR count). The zero-order valence-electron chi connectivity index (χ0n) is 21.8. The summed E-state index contributed by atoms with van der Waals surface area (Å²) in [4.78, 5) is 0. The van der Waals surface area contributed by atoms with Gasteiger partial charge < -0.3 is 0 Å². The predicted octanol–water partition coefficient (Wildman–Crippen LogP) is 9.59. The smallest absolute Gasteiger partial charge is 0.00571 e. The normalized spacial score (nSPS) is 49.2. The van der Waals surface area contributed by atoms with Gasteiger partial charge in [0.05, 0.1) is 0 Å². The fourth-order valence-corrected chi connectivity index (χ4v) is 10.0. The van der Waals surface area contributed by atoms with Crippen LogP contribution in [-0.4, -0.2) is 0 Å². The molecule has 0 amide bonds. The molecule has 0 spiro atoms. The molecule has 0 bridgehead atoms. The van der Waals surface area contributed by atoms with E-state index < -0.39 is 0 Å². The zero-order valence-corrected chi connectivity index (χ0v) is 21.8. The van der Waals surface area contributed by atoms with Crippen molar-refractivity contribution in [1.29, 1.82) is 0 Å². The molecule has 30 heavy (non-hydrogen) atoms. The first-order valence-corrected chi connectivity index (χ1v) is 13.6. The lowest BCUT2D eigenvalue weighted by Gasteiger charge is -2.73. The van der Waals surface area contributed by atoms with E-state index in [1.165, 1.54) is 77.0 Å². The average Bonchev–Trinajstić information content (AvgIpc) is 2.96. The standard InChI is InChI=1S/C30H52/c1-22(2)12-11-13-23(3)25-16-19-28(6)27(25,5)20-21-29(7)26(4)17-10-9-14-24(26)15-18-30(28,29)8/h15,22-23,25H,9-14,16-21H2,1-8H3/t23-,25?,26+,27-,28-,29-,30+/m1/s1. The average molecular weight is 413 g/mol. The highest BCUT2D eigenvalue weighted by molar-refractivity contribution is 5.32. The Bertz CT molecular complexity index is 686. The van der Waals surface area contributed by atoms with Gasteiger partial charge in [-0.25, -0.2) is 0 Å². The molecule has 0 N–H and O–H groups in total. The van der Waals surface area contributed by atoms with Crippen LogP contribution in [0.25, 0.3) is 0 Å². The van der Waals surface area contributed by atoms with Crippen LogP contribution in [0.4, 0.5) is 0 Å². The fourth-order valence-electron chi connectivity index (χ4n) is 10.0. The summed E-state index contributed by atoms with van der Waals surface area (Å²) in [5.74, 6) is 2.68. The highest BCUT2D eigenvalue weighted by Gasteiger charge is 2.73. The first-order valence-electron chi connectivity index (χ1n) is 13.6. The van der Waals surface area contributed by atoms with Crippen molar-refractivity contribution in [2.24, 2.45) is 44.8 Å². The van der Waals surface area contributed by atoms with Crippen molar-refractivity contribution in [3.8, 4) is 0 Å². The summed E-state index contributed by atoms with van der Waals surface area (Å²) in [7, 11) is 0. The molecule has 0 aromatic rings. The van der Waals surface area contributed by atoms with Crippen molar-refractivity contribution in [3.63, 3.8) is 0 Å². The highest BCUT2D eigenvalue weighted by atomic mass is 14.8. The van der Waals surface area contributed by atoms with Gasteiger partial charge in [-0.05, 0) is 96.2 Å². The van der Waals surface area contributed by atoms with Crippen molar-refractivity contribution in [2.45, 2.75) is 132 Å². The van der Waals surface area contributed by atoms with Gasteiger partial charge in [-0.15, -0.1) is 0 Å². The Morgan fingerprint density at radius 3 is 2.27 bits per heavy atom. The number of allylic oxidation sites excluding steroid dienone is 2. The van der Waals surface area contributed by atoms with Crippen LogP contribution in [0.3, 0.4) is 0 Å². The zero-order chi connectivity index (χ0) is 22.0. The summed E-state index contributed by atoms with van der Waals surface area (Å²) in [6.45, 7) is 21.1. The molecule has 7 atom stereocenters. The van der Waals surface area contributed by atoms with Gasteiger partial charge in [0, 0.05) is 0 Å². The Hall–Kier alpha value is -0.260. The Morgan fingerprint density at radius 1 is 0.833 bits per heavy atom. The molecule has 0 saturated heterocycles. The van der Waals surface area contributed by atoms with E-state index in [1.54, 1.807) is 0 Å². The third-order valence-corrected chi connectivity index (χ3v) is 12.8. The lowest BCUT2D eigenvalue weighted by atomic mass is 9.31. The van der Waals surface area contributed by atoms with Gasteiger partial charge in [-0.2, -0.15) is 0 Å². The van der Waals surface area contributed by atoms with E-state index >= 15 is 0 Å². The summed E-state index contributed by atoms with van der Waals surface area (Å²) in [6, 6.07) is 0. The minimum atomic E-state index is 0.439. The van der Waals surface area contributed by atoms with E-state index in [0.29, 0.717) is 27.1 Å². The van der Waals surface area contributed by atoms with E-state index in [4.69, 9.17) is 0 Å². The van der Waals surface area contributed by atoms with Gasteiger partial charge in [0.15, 0.2) is 0 Å². The monoisotopic (exact) mass is 412 g/mol. The summed E-state index contributed by atoms with van der Waals surface area (Å²) in [5, 5.41) is 0. The van der Waals surface area contributed by atoms with Gasteiger partial charge in [0.1, 0.15) is 0 Å². The molecule has 0 aliphatic heterocycles. The number of rotatable bonds is 5. The molecule has 1 unspecified atom stereocenters. The van der Waals surface area contributed by atoms with Gasteiger partial charge in [0.2, 0.25) is 0 Å². The topological polar surface area (TPSA) is 0 Å². The van der Waals surface area contributed by atoms with Crippen LogP contribution in [0.15, 0.2) is 11.6 Å². The lowest BCUT2D eigenvalue weighted by Crippen LogP contribution is -2.66.